The van der Waals surface area contributed by atoms with E-state index in [0.717, 1.165) is 16.7 Å². The number of amides is 3. The van der Waals surface area contributed by atoms with Crippen LogP contribution in [0.2, 0.25) is 0 Å². The molecule has 11 nitrogen and oxygen atoms in total. The Morgan fingerprint density at radius 1 is 0.593 bits per heavy atom. The van der Waals surface area contributed by atoms with Gasteiger partial charge in [-0.2, -0.15) is 0 Å². The number of rotatable bonds is 15. The molecule has 0 heterocycles. The highest BCUT2D eigenvalue weighted by Crippen LogP contribution is 2.48. The third-order valence-corrected chi connectivity index (χ3v) is 9.16. The number of alkyl carbamates (subject to hydrolysis) is 1. The van der Waals surface area contributed by atoms with Crippen molar-refractivity contribution in [2.45, 2.75) is 109 Å². The largest absolute Gasteiger partial charge is 0.460 e. The van der Waals surface area contributed by atoms with Gasteiger partial charge >= 0.3 is 18.0 Å². The lowest BCUT2D eigenvalue weighted by Gasteiger charge is -2.36. The van der Waals surface area contributed by atoms with E-state index in [9.17, 15) is 24.0 Å². The third-order valence-electron chi connectivity index (χ3n) is 7.52. The van der Waals surface area contributed by atoms with Gasteiger partial charge < -0.3 is 30.2 Å². The monoisotopic (exact) mass is 761 g/mol. The standard InChI is InChI=1S/C42H55N3O8S/c1-39(2,3)51-35(47)26-25-32(37(49)52-40(4,5)6)44-34(46)27-43-36(48)33(45-38(50)53-41(7,8)9)28-54-42(29-19-13-10-14-20-29,30-21-15-11-16-22-30)31-23-17-12-18-24-31/h10-24,32-33H,25-28H2,1-9H3,(H,43,48)(H,44,46)(H,45,50)/t32-,33-/m0/s1. The average Bonchev–Trinajstić information content (AvgIpc) is 3.07. The second-order valence-corrected chi connectivity index (χ2v) is 17.0. The first-order valence-corrected chi connectivity index (χ1v) is 19.0. The number of esters is 2. The number of hydrogen-bond acceptors (Lipinski definition) is 9. The predicted molar refractivity (Wildman–Crippen MR) is 211 cm³/mol. The number of hydrogen-bond donors (Lipinski definition) is 3. The molecule has 3 aromatic carbocycles. The van der Waals surface area contributed by atoms with Crippen LogP contribution in [0.1, 0.15) is 91.8 Å². The summed E-state index contributed by atoms with van der Waals surface area (Å²) in [4.78, 5) is 65.7. The van der Waals surface area contributed by atoms with Crippen LogP contribution in [0.15, 0.2) is 91.0 Å². The fraction of sp³-hybridized carbons (Fsp3) is 0.452. The van der Waals surface area contributed by atoms with Crippen LogP contribution in [0.4, 0.5) is 4.79 Å². The van der Waals surface area contributed by atoms with E-state index in [-0.39, 0.29) is 18.6 Å². The minimum absolute atomic E-state index is 0.0712. The molecule has 0 radical (unpaired) electrons. The molecule has 292 valence electrons. The van der Waals surface area contributed by atoms with Gasteiger partial charge in [-0.05, 0) is 85.4 Å². The molecule has 0 aliphatic heterocycles. The second-order valence-electron chi connectivity index (χ2n) is 15.8. The number of ether oxygens (including phenoxy) is 3. The van der Waals surface area contributed by atoms with E-state index in [0.29, 0.717) is 0 Å². The second kappa shape index (κ2) is 19.0. The van der Waals surface area contributed by atoms with E-state index in [4.69, 9.17) is 14.2 Å². The summed E-state index contributed by atoms with van der Waals surface area (Å²) in [7, 11) is 0. The van der Waals surface area contributed by atoms with Gasteiger partial charge in [0.15, 0.2) is 0 Å². The van der Waals surface area contributed by atoms with Crippen LogP contribution in [0.25, 0.3) is 0 Å². The molecule has 0 unspecified atom stereocenters. The van der Waals surface area contributed by atoms with Gasteiger partial charge in [-0.1, -0.05) is 91.0 Å². The SMILES string of the molecule is CC(C)(C)OC(=O)CC[C@H](NC(=O)CNC(=O)[C@H](CSC(c1ccccc1)(c1ccccc1)c1ccccc1)NC(=O)OC(C)(C)C)C(=O)OC(C)(C)C. The zero-order valence-corrected chi connectivity index (χ0v) is 33.6. The first kappa shape index (κ1) is 43.6. The molecule has 3 rings (SSSR count). The van der Waals surface area contributed by atoms with E-state index < -0.39 is 70.0 Å². The maximum atomic E-state index is 13.9. The Bertz CT molecular complexity index is 1600. The van der Waals surface area contributed by atoms with Gasteiger partial charge in [-0.3, -0.25) is 14.4 Å². The van der Waals surface area contributed by atoms with Crippen LogP contribution >= 0.6 is 11.8 Å². The molecule has 0 saturated carbocycles. The fourth-order valence-corrected chi connectivity index (χ4v) is 6.98. The molecule has 0 aliphatic rings. The van der Waals surface area contributed by atoms with Gasteiger partial charge in [0, 0.05) is 12.2 Å². The van der Waals surface area contributed by atoms with E-state index in [2.05, 4.69) is 16.0 Å². The van der Waals surface area contributed by atoms with Crippen LogP contribution in [-0.2, 0) is 38.1 Å². The summed E-state index contributed by atoms with van der Waals surface area (Å²) in [5, 5.41) is 7.92. The molecule has 0 saturated heterocycles. The van der Waals surface area contributed by atoms with Crippen molar-refractivity contribution in [3.63, 3.8) is 0 Å². The lowest BCUT2D eigenvalue weighted by molar-refractivity contribution is -0.160. The summed E-state index contributed by atoms with van der Waals surface area (Å²) in [6.45, 7) is 14.9. The Hall–Kier alpha value is -4.84. The van der Waals surface area contributed by atoms with Gasteiger partial charge in [0.05, 0.1) is 11.3 Å². The van der Waals surface area contributed by atoms with Crippen LogP contribution in [0.3, 0.4) is 0 Å². The highest BCUT2D eigenvalue weighted by Gasteiger charge is 2.39. The van der Waals surface area contributed by atoms with Gasteiger partial charge in [-0.25, -0.2) is 9.59 Å². The van der Waals surface area contributed by atoms with E-state index in [1.807, 2.05) is 91.0 Å². The zero-order valence-electron chi connectivity index (χ0n) is 32.8. The molecular weight excluding hydrogens is 707 g/mol. The first-order valence-electron chi connectivity index (χ1n) is 18.0. The molecule has 0 aliphatic carbocycles. The zero-order chi connectivity index (χ0) is 40.2. The van der Waals surface area contributed by atoms with Gasteiger partial charge in [0.2, 0.25) is 11.8 Å². The fourth-order valence-electron chi connectivity index (χ4n) is 5.42. The van der Waals surface area contributed by atoms with Crippen molar-refractivity contribution in [1.29, 1.82) is 0 Å². The molecule has 0 aromatic heterocycles. The van der Waals surface area contributed by atoms with Gasteiger partial charge in [-0.15, -0.1) is 11.8 Å². The maximum Gasteiger partial charge on any atom is 0.408 e. The lowest BCUT2D eigenvalue weighted by Crippen LogP contribution is -2.53. The Balaban J connectivity index is 1.88. The summed E-state index contributed by atoms with van der Waals surface area (Å²) in [6.07, 6.45) is -1.04. The molecule has 0 spiro atoms. The van der Waals surface area contributed by atoms with E-state index in [1.165, 1.54) is 11.8 Å². The summed E-state index contributed by atoms with van der Waals surface area (Å²) in [5.41, 5.74) is 0.466. The normalized spacial score (nSPS) is 13.1. The van der Waals surface area contributed by atoms with Crippen molar-refractivity contribution < 1.29 is 38.2 Å². The van der Waals surface area contributed by atoms with Crippen molar-refractivity contribution in [1.82, 2.24) is 16.0 Å². The summed E-state index contributed by atoms with van der Waals surface area (Å²) in [6, 6.07) is 27.4. The van der Waals surface area contributed by atoms with Crippen molar-refractivity contribution in [3.05, 3.63) is 108 Å². The van der Waals surface area contributed by atoms with Crippen LogP contribution in [0, 0.1) is 0 Å². The Morgan fingerprint density at radius 2 is 1.04 bits per heavy atom. The molecule has 2 atom stereocenters. The molecule has 0 bridgehead atoms. The average molecular weight is 762 g/mol. The molecule has 3 N–H and O–H groups in total. The minimum atomic E-state index is -1.18. The number of nitrogens with one attached hydrogen (secondary N) is 3. The van der Waals surface area contributed by atoms with E-state index >= 15 is 0 Å². The minimum Gasteiger partial charge on any atom is -0.460 e. The van der Waals surface area contributed by atoms with Crippen LogP contribution < -0.4 is 16.0 Å². The molecule has 3 aromatic rings. The smallest absolute Gasteiger partial charge is 0.408 e. The maximum absolute atomic E-state index is 13.9. The Kier molecular flexibility index (Phi) is 15.3. The first-order chi connectivity index (χ1) is 25.2. The summed E-state index contributed by atoms with van der Waals surface area (Å²) < 4.78 is 15.6. The lowest BCUT2D eigenvalue weighted by atomic mass is 9.84. The van der Waals surface area contributed by atoms with Crippen molar-refractivity contribution in [2.24, 2.45) is 0 Å². The quantitative estimate of drug-likeness (QED) is 0.0878. The number of carbonyl (C=O) groups is 5. The van der Waals surface area contributed by atoms with Gasteiger partial charge in [0.25, 0.3) is 0 Å². The number of carbonyl (C=O) groups excluding carboxylic acids is 5. The topological polar surface area (TPSA) is 149 Å². The highest BCUT2D eigenvalue weighted by atomic mass is 32.2. The Morgan fingerprint density at radius 3 is 1.46 bits per heavy atom. The molecule has 0 fully saturated rings. The van der Waals surface area contributed by atoms with Gasteiger partial charge in [0.1, 0.15) is 28.9 Å². The Labute approximate surface area is 323 Å². The number of benzene rings is 3. The molecule has 54 heavy (non-hydrogen) atoms. The van der Waals surface area contributed by atoms with Crippen LogP contribution in [-0.4, -0.2) is 71.0 Å². The molecule has 3 amide bonds. The summed E-state index contributed by atoms with van der Waals surface area (Å²) in [5.74, 6) is -2.54. The molecule has 12 heteroatoms. The van der Waals surface area contributed by atoms with Crippen molar-refractivity contribution in [2.75, 3.05) is 12.3 Å². The van der Waals surface area contributed by atoms with Crippen LogP contribution in [0.5, 0.6) is 0 Å². The third kappa shape index (κ3) is 14.2. The highest BCUT2D eigenvalue weighted by molar-refractivity contribution is 8.00. The van der Waals surface area contributed by atoms with Crippen molar-refractivity contribution in [3.8, 4) is 0 Å². The summed E-state index contributed by atoms with van der Waals surface area (Å²) >= 11 is 1.46. The number of thioether (sulfide) groups is 1. The predicted octanol–water partition coefficient (Wildman–Crippen LogP) is 6.67. The van der Waals surface area contributed by atoms with Crippen molar-refractivity contribution >= 4 is 41.6 Å². The molecular formula is C42H55N3O8S. The van der Waals surface area contributed by atoms with E-state index in [1.54, 1.807) is 62.3 Å².